The van der Waals surface area contributed by atoms with Gasteiger partial charge in [-0.15, -0.1) is 11.8 Å². The monoisotopic (exact) mass is 1910 g/mol. The van der Waals surface area contributed by atoms with Gasteiger partial charge in [0.25, 0.3) is 0 Å². The van der Waals surface area contributed by atoms with E-state index in [-0.39, 0.29) is 21.7 Å². The SMILES string of the molecule is CCN1/C(=C/C=C2/C(NCCS/C3=C(\C=C\C4=[N+](CC)c5ccc6cc(Br)ccc6c5C4(C)C)c4ccccc4\C3=C/C=C3/N(CC)c4ccc5cc(Br)ccc5c4C3(C)C)=C(\C=C\C3=[N+](CC)c4ccc5cc(Br)ccc5c4C3(C)C)c3ccccc32)C(C)(C)c2c1ccc1cc(Br)ccc21.O=S(=O)([O-])C(F)(F)F.O=S(=O)([O-])C(F)(F)F. The number of nitrogens with zero attached hydrogens (tertiary/aromatic N) is 4. The molecule has 0 radical (unpaired) electrons. The summed E-state index contributed by atoms with van der Waals surface area (Å²) in [6.45, 7) is 32.6. The molecule has 0 fully saturated rings. The summed E-state index contributed by atoms with van der Waals surface area (Å²) in [5.41, 5.74) is 14.5. The molecule has 2 aliphatic carbocycles. The fraction of sp³-hybridized carbons (Fsp3) is 0.255. The number of hydrogen-bond donors (Lipinski definition) is 1. The molecule has 4 heterocycles. The topological polar surface area (TPSA) is 139 Å². The Balaban J connectivity index is 0.000000650. The van der Waals surface area contributed by atoms with Crippen molar-refractivity contribution in [3.05, 3.63) is 303 Å². The number of nitrogens with one attached hydrogen (secondary N) is 1. The molecule has 10 aromatic carbocycles. The molecule has 1 N–H and O–H groups in total. The maximum absolute atomic E-state index is 10.7. The Bertz CT molecular complexity index is 6100. The van der Waals surface area contributed by atoms with Gasteiger partial charge in [0, 0.05) is 134 Å². The van der Waals surface area contributed by atoms with Crippen LogP contribution in [-0.4, -0.2) is 96.0 Å². The summed E-state index contributed by atoms with van der Waals surface area (Å²) in [7, 11) is -12.2. The zero-order valence-electron chi connectivity index (χ0n) is 66.8. The Morgan fingerprint density at radius 3 is 1.14 bits per heavy atom. The fourth-order valence-corrected chi connectivity index (χ4v) is 20.9. The smallest absolute Gasteiger partial charge is 0.485 e. The largest absolute Gasteiger partial charge is 0.741 e. The molecule has 0 saturated carbocycles. The second-order valence-corrected chi connectivity index (χ2v) is 39.2. The van der Waals surface area contributed by atoms with Gasteiger partial charge >= 0.3 is 11.0 Å². The first-order valence-electron chi connectivity index (χ1n) is 38.7. The highest BCUT2D eigenvalue weighted by atomic mass is 79.9. The van der Waals surface area contributed by atoms with E-state index >= 15 is 0 Å². The summed E-state index contributed by atoms with van der Waals surface area (Å²) in [5, 5.41) is 14.5. The van der Waals surface area contributed by atoms with Gasteiger partial charge in [0.15, 0.2) is 31.7 Å². The van der Waals surface area contributed by atoms with Crippen molar-refractivity contribution in [1.29, 1.82) is 0 Å². The molecule has 0 atom stereocenters. The quantitative estimate of drug-likeness (QED) is 0.0347. The minimum absolute atomic E-state index is 0.268. The number of thioether (sulfide) groups is 1. The van der Waals surface area contributed by atoms with Crippen LogP contribution in [0.3, 0.4) is 0 Å². The standard InChI is InChI=1S/C92H84Br4N5S.2CHF3O3S/c1-13-98-75-41-25-55-51-59(93)29-33-63(55)83(75)89(5,6)79(98)45-37-71-67-21-17-18-22-68(67)72(38-46-80-90(7,8)84-64-34-30-60(94)52-56(64)26-42-76(84)99(80)14-2)87(71)97-49-50-102-88-73(39-47-81-91(9,10)85-65-35-31-61(95)53-57(65)27-43-77(85)100(81)15-3)69-23-19-20-24-70(69)74(88)40-48-82-92(11,12)86-66-36-32-62(96)54-58(66)28-44-78(86)101(82)16-4;2*2-1(3,4)8(5,6)7/h17-48,51-54H,13-16,49-50H2,1-12H3;2*(H,5,6,7)/q+1;;/p-1/b71-37+,79-45+;;. The number of allylic oxidation sites excluding steroid dienone is 14. The molecule has 4 aliphatic heterocycles. The van der Waals surface area contributed by atoms with E-state index in [1.165, 1.54) is 160 Å². The van der Waals surface area contributed by atoms with Crippen molar-refractivity contribution in [1.82, 2.24) is 5.32 Å². The highest BCUT2D eigenvalue weighted by Crippen LogP contribution is 2.56. The van der Waals surface area contributed by atoms with Gasteiger partial charge < -0.3 is 24.2 Å². The van der Waals surface area contributed by atoms with Gasteiger partial charge in [0.2, 0.25) is 11.4 Å². The molecule has 0 saturated heterocycles. The number of likely N-dealkylation sites (N-methyl/N-ethyl adjacent to an activating group) is 2. The molecule has 6 aliphatic rings. The number of benzene rings is 10. The molecule has 11 nitrogen and oxygen atoms in total. The summed E-state index contributed by atoms with van der Waals surface area (Å²) in [4.78, 5) is 6.38. The van der Waals surface area contributed by atoms with Crippen LogP contribution in [0.25, 0.3) is 65.4 Å². The van der Waals surface area contributed by atoms with Crippen LogP contribution in [0.2, 0.25) is 0 Å². The second-order valence-electron chi connectivity index (χ2n) is 31.7. The number of anilines is 2. The third-order valence-electron chi connectivity index (χ3n) is 23.4. The Kier molecular flexibility index (Phi) is 23.4. The molecule has 0 aromatic heterocycles. The Labute approximate surface area is 722 Å². The molecular weight excluding hydrogens is 1820 g/mol. The van der Waals surface area contributed by atoms with Gasteiger partial charge in [-0.3, -0.25) is 0 Å². The lowest BCUT2D eigenvalue weighted by Gasteiger charge is -2.26. The third-order valence-corrected chi connectivity index (χ3v) is 27.6. The van der Waals surface area contributed by atoms with E-state index in [4.69, 9.17) is 25.9 Å². The highest BCUT2D eigenvalue weighted by molar-refractivity contribution is 9.11. The van der Waals surface area contributed by atoms with Gasteiger partial charge in [0.1, 0.15) is 13.1 Å². The summed E-state index contributed by atoms with van der Waals surface area (Å²) >= 11 is 17.1. The molecule has 16 rings (SSSR count). The van der Waals surface area contributed by atoms with Crippen molar-refractivity contribution < 1.29 is 61.4 Å². The Morgan fingerprint density at radius 2 is 0.771 bits per heavy atom. The Hall–Kier alpha value is -8.43. The van der Waals surface area contributed by atoms with E-state index < -0.39 is 31.3 Å². The molecular formula is C94H85Br4F6N5O6S3. The molecule has 0 unspecified atom stereocenters. The molecule has 0 bridgehead atoms. The lowest BCUT2D eigenvalue weighted by molar-refractivity contribution is -0.433. The van der Waals surface area contributed by atoms with Crippen LogP contribution in [0, 0.1) is 0 Å². The predicted molar refractivity (Wildman–Crippen MR) is 485 cm³/mol. The van der Waals surface area contributed by atoms with Crippen LogP contribution in [0.5, 0.6) is 0 Å². The molecule has 10 aromatic rings. The maximum atomic E-state index is 10.7. The maximum Gasteiger partial charge on any atom is 0.485 e. The van der Waals surface area contributed by atoms with Gasteiger partial charge in [-0.1, -0.05) is 188 Å². The average molecular weight is 1910 g/mol. The van der Waals surface area contributed by atoms with Crippen molar-refractivity contribution in [3.63, 3.8) is 0 Å². The average Bonchev–Trinajstić information content (AvgIpc) is 1.58. The number of rotatable bonds is 15. The lowest BCUT2D eigenvalue weighted by Crippen LogP contribution is -2.27. The summed E-state index contributed by atoms with van der Waals surface area (Å²) < 4.78 is 127. The van der Waals surface area contributed by atoms with Crippen molar-refractivity contribution in [3.8, 4) is 0 Å². The van der Waals surface area contributed by atoms with Crippen LogP contribution in [0.4, 0.5) is 49.1 Å². The number of hydrogen-bond acceptors (Lipinski definition) is 10. The molecule has 118 heavy (non-hydrogen) atoms. The highest BCUT2D eigenvalue weighted by Gasteiger charge is 2.49. The summed E-state index contributed by atoms with van der Waals surface area (Å²) in [6, 6.07) is 63.7. The van der Waals surface area contributed by atoms with E-state index in [1.54, 1.807) is 0 Å². The predicted octanol–water partition coefficient (Wildman–Crippen LogP) is 25.4. The third kappa shape index (κ3) is 15.3. The fourth-order valence-electron chi connectivity index (χ4n) is 18.3. The molecule has 24 heteroatoms. The van der Waals surface area contributed by atoms with E-state index in [0.29, 0.717) is 6.54 Å². The zero-order valence-corrected chi connectivity index (χ0v) is 75.6. The van der Waals surface area contributed by atoms with Crippen molar-refractivity contribution >= 4 is 195 Å². The summed E-state index contributed by atoms with van der Waals surface area (Å²) in [5.74, 6) is 0.803. The number of fused-ring (bicyclic) bond motifs is 14. The van der Waals surface area contributed by atoms with Crippen LogP contribution in [-0.2, 0) is 41.9 Å². The Morgan fingerprint density at radius 1 is 0.432 bits per heavy atom. The lowest BCUT2D eigenvalue weighted by atomic mass is 9.79. The van der Waals surface area contributed by atoms with Crippen LogP contribution >= 0.6 is 75.5 Å². The van der Waals surface area contributed by atoms with Gasteiger partial charge in [-0.05, 0) is 240 Å². The molecule has 0 spiro atoms. The van der Waals surface area contributed by atoms with Gasteiger partial charge in [0.05, 0.1) is 10.8 Å². The normalized spacial score (nSPS) is 18.5. The van der Waals surface area contributed by atoms with Crippen LogP contribution < -0.4 is 15.1 Å². The van der Waals surface area contributed by atoms with Gasteiger partial charge in [-0.2, -0.15) is 35.5 Å². The van der Waals surface area contributed by atoms with E-state index in [1.807, 2.05) is 11.8 Å². The minimum Gasteiger partial charge on any atom is -0.741 e. The van der Waals surface area contributed by atoms with E-state index in [9.17, 15) is 26.3 Å². The van der Waals surface area contributed by atoms with Crippen LogP contribution in [0.1, 0.15) is 128 Å². The van der Waals surface area contributed by atoms with E-state index in [2.05, 4.69) is 390 Å². The number of halogens is 10. The first kappa shape index (κ1) is 86.0. The van der Waals surface area contributed by atoms with E-state index in [0.717, 1.165) is 55.5 Å². The van der Waals surface area contributed by atoms with Crippen LogP contribution in [0.15, 0.2) is 258 Å². The van der Waals surface area contributed by atoms with Crippen molar-refractivity contribution in [2.45, 2.75) is 116 Å². The van der Waals surface area contributed by atoms with Crippen molar-refractivity contribution in [2.75, 3.05) is 48.3 Å². The summed E-state index contributed by atoms with van der Waals surface area (Å²) in [6.07, 6.45) is 19.6. The number of alkyl halides is 6. The second kappa shape index (κ2) is 32.2. The zero-order chi connectivity index (χ0) is 85.1. The molecule has 610 valence electrons. The van der Waals surface area contributed by atoms with Gasteiger partial charge in [-0.25, -0.2) is 16.8 Å². The minimum atomic E-state index is -6.09. The first-order valence-corrected chi connectivity index (χ1v) is 45.6. The first-order chi connectivity index (χ1) is 55.6. The molecule has 0 amide bonds. The van der Waals surface area contributed by atoms with Crippen molar-refractivity contribution in [2.24, 2.45) is 0 Å².